The van der Waals surface area contributed by atoms with Crippen molar-refractivity contribution in [1.29, 1.82) is 0 Å². The maximum Gasteiger partial charge on any atom is 0.261 e. The molecule has 1 unspecified atom stereocenters. The average molecular weight is 495 g/mol. The number of amides is 2. The number of nitrogens with one attached hydrogen (secondary N) is 1. The molecule has 1 aromatic heterocycles. The third kappa shape index (κ3) is 4.83. The Balaban J connectivity index is 1.13. The quantitative estimate of drug-likeness (QED) is 0.368. The average Bonchev–Trinajstić information content (AvgIpc) is 3.19. The Kier molecular flexibility index (Phi) is 6.85. The van der Waals surface area contributed by atoms with E-state index in [1.54, 1.807) is 12.1 Å². The number of carbonyl (C=O) groups is 2. The van der Waals surface area contributed by atoms with E-state index in [2.05, 4.69) is 40.5 Å². The molecule has 1 N–H and O–H groups in total. The van der Waals surface area contributed by atoms with E-state index in [0.29, 0.717) is 29.8 Å². The van der Waals surface area contributed by atoms with Crippen molar-refractivity contribution < 1.29 is 9.59 Å². The fourth-order valence-electron chi connectivity index (χ4n) is 6.27. The lowest BCUT2D eigenvalue weighted by molar-refractivity contribution is 0.0648. The number of benzene rings is 2. The van der Waals surface area contributed by atoms with Crippen LogP contribution in [-0.2, 0) is 19.4 Å². The van der Waals surface area contributed by atoms with Gasteiger partial charge in [-0.05, 0) is 80.0 Å². The van der Waals surface area contributed by atoms with Crippen LogP contribution < -0.4 is 5.32 Å². The van der Waals surface area contributed by atoms with Crippen molar-refractivity contribution >= 4 is 11.8 Å². The van der Waals surface area contributed by atoms with E-state index in [1.807, 2.05) is 24.4 Å². The Hall–Kier alpha value is -3.35. The largest absolute Gasteiger partial charge is 0.308 e. The van der Waals surface area contributed by atoms with Crippen LogP contribution in [0, 0.1) is 0 Å². The summed E-state index contributed by atoms with van der Waals surface area (Å²) < 4.78 is 0. The first kappa shape index (κ1) is 24.0. The molecule has 6 nitrogen and oxygen atoms in total. The highest BCUT2D eigenvalue weighted by Crippen LogP contribution is 2.33. The zero-order chi connectivity index (χ0) is 25.2. The summed E-state index contributed by atoms with van der Waals surface area (Å²) in [6, 6.07) is 20.8. The number of aryl methyl sites for hydroxylation is 1. The van der Waals surface area contributed by atoms with Crippen molar-refractivity contribution in [1.82, 2.24) is 20.1 Å². The van der Waals surface area contributed by atoms with E-state index in [4.69, 9.17) is 4.98 Å². The van der Waals surface area contributed by atoms with Crippen molar-refractivity contribution in [3.63, 3.8) is 0 Å². The van der Waals surface area contributed by atoms with Crippen molar-refractivity contribution in [3.8, 4) is 0 Å². The number of rotatable bonds is 8. The summed E-state index contributed by atoms with van der Waals surface area (Å²) in [5.74, 6) is -0.319. The summed E-state index contributed by atoms with van der Waals surface area (Å²) in [6.45, 7) is 3.26. The van der Waals surface area contributed by atoms with E-state index < -0.39 is 0 Å². The monoisotopic (exact) mass is 494 g/mol. The van der Waals surface area contributed by atoms with E-state index in [0.717, 1.165) is 51.7 Å². The van der Waals surface area contributed by atoms with Crippen LogP contribution in [-0.4, -0.2) is 52.3 Å². The van der Waals surface area contributed by atoms with Gasteiger partial charge in [-0.25, -0.2) is 0 Å². The Morgan fingerprint density at radius 3 is 2.43 bits per heavy atom. The SMILES string of the molecule is O=C1c2ccccc2C(=O)N1CCCCN(CC1Cc2ccccc2CN1)[C@H]1CCCc2cccnc21. The van der Waals surface area contributed by atoms with Gasteiger partial charge in [0.05, 0.1) is 22.9 Å². The van der Waals surface area contributed by atoms with Crippen LogP contribution in [0.25, 0.3) is 0 Å². The van der Waals surface area contributed by atoms with Gasteiger partial charge in [0.15, 0.2) is 0 Å². The van der Waals surface area contributed by atoms with Crippen LogP contribution >= 0.6 is 0 Å². The molecule has 0 spiro atoms. The minimum Gasteiger partial charge on any atom is -0.308 e. The number of pyridine rings is 1. The van der Waals surface area contributed by atoms with Crippen LogP contribution in [0.5, 0.6) is 0 Å². The predicted octanol–water partition coefficient (Wildman–Crippen LogP) is 4.55. The highest BCUT2D eigenvalue weighted by Gasteiger charge is 2.35. The Bertz CT molecular complexity index is 1270. The molecule has 37 heavy (non-hydrogen) atoms. The number of nitrogens with zero attached hydrogens (tertiary/aromatic N) is 3. The number of unbranched alkanes of at least 4 members (excludes halogenated alkanes) is 1. The van der Waals surface area contributed by atoms with Gasteiger partial charge in [0.25, 0.3) is 11.8 Å². The minimum absolute atomic E-state index is 0.159. The van der Waals surface area contributed by atoms with Gasteiger partial charge in [-0.2, -0.15) is 0 Å². The van der Waals surface area contributed by atoms with Gasteiger partial charge in [0.2, 0.25) is 0 Å². The molecule has 2 atom stereocenters. The summed E-state index contributed by atoms with van der Waals surface area (Å²) in [4.78, 5) is 34.4. The zero-order valence-electron chi connectivity index (χ0n) is 21.2. The highest BCUT2D eigenvalue weighted by molar-refractivity contribution is 6.21. The maximum atomic E-state index is 12.8. The Morgan fingerprint density at radius 1 is 0.892 bits per heavy atom. The van der Waals surface area contributed by atoms with Crippen LogP contribution in [0.3, 0.4) is 0 Å². The molecule has 3 aliphatic rings. The zero-order valence-corrected chi connectivity index (χ0v) is 21.2. The summed E-state index contributed by atoms with van der Waals surface area (Å²) >= 11 is 0. The first-order chi connectivity index (χ1) is 18.2. The second kappa shape index (κ2) is 10.6. The second-order valence-electron chi connectivity index (χ2n) is 10.5. The van der Waals surface area contributed by atoms with Crippen molar-refractivity contribution in [2.75, 3.05) is 19.6 Å². The lowest BCUT2D eigenvalue weighted by Crippen LogP contribution is -2.46. The predicted molar refractivity (Wildman–Crippen MR) is 143 cm³/mol. The molecule has 2 aromatic carbocycles. The molecule has 6 heteroatoms. The molecule has 190 valence electrons. The molecule has 3 heterocycles. The Morgan fingerprint density at radius 2 is 1.62 bits per heavy atom. The molecule has 1 aliphatic carbocycles. The molecular weight excluding hydrogens is 460 g/mol. The summed E-state index contributed by atoms with van der Waals surface area (Å²) in [6.07, 6.45) is 8.07. The van der Waals surface area contributed by atoms with E-state index >= 15 is 0 Å². The molecule has 6 rings (SSSR count). The van der Waals surface area contributed by atoms with Gasteiger partial charge in [0, 0.05) is 31.9 Å². The molecule has 3 aromatic rings. The molecule has 0 fully saturated rings. The third-order valence-electron chi connectivity index (χ3n) is 8.18. The summed E-state index contributed by atoms with van der Waals surface area (Å²) in [7, 11) is 0. The standard InChI is InChI=1S/C31H34N4O2/c36-30-26-13-3-4-14-27(26)31(37)35(30)18-6-5-17-34(28-15-7-11-22-12-8-16-32-29(22)28)21-25-19-23-9-1-2-10-24(23)20-33-25/h1-4,8-10,12-14,16,25,28,33H,5-7,11,15,17-21H2/t25?,28-/m0/s1. The van der Waals surface area contributed by atoms with E-state index in [1.165, 1.54) is 33.7 Å². The van der Waals surface area contributed by atoms with Crippen molar-refractivity contribution in [2.45, 2.75) is 57.2 Å². The third-order valence-corrected chi connectivity index (χ3v) is 8.18. The molecule has 2 amide bonds. The first-order valence-corrected chi connectivity index (χ1v) is 13.6. The maximum absolute atomic E-state index is 12.8. The molecular formula is C31H34N4O2. The molecule has 0 saturated carbocycles. The van der Waals surface area contributed by atoms with E-state index in [-0.39, 0.29) is 11.8 Å². The smallest absolute Gasteiger partial charge is 0.261 e. The van der Waals surface area contributed by atoms with Crippen molar-refractivity contribution in [2.24, 2.45) is 0 Å². The van der Waals surface area contributed by atoms with Gasteiger partial charge in [0.1, 0.15) is 0 Å². The summed E-state index contributed by atoms with van der Waals surface area (Å²) in [5.41, 5.74) is 6.50. The molecule has 0 saturated heterocycles. The number of hydrogen-bond acceptors (Lipinski definition) is 5. The van der Waals surface area contributed by atoms with Gasteiger partial charge < -0.3 is 5.32 Å². The molecule has 0 radical (unpaired) electrons. The van der Waals surface area contributed by atoms with Crippen LogP contribution in [0.2, 0.25) is 0 Å². The Labute approximate surface area is 218 Å². The number of hydrogen-bond donors (Lipinski definition) is 1. The normalized spacial score (nSPS) is 20.6. The van der Waals surface area contributed by atoms with Crippen LogP contribution in [0.4, 0.5) is 0 Å². The lowest BCUT2D eigenvalue weighted by Gasteiger charge is -2.38. The fraction of sp³-hybridized carbons (Fsp3) is 0.387. The van der Waals surface area contributed by atoms with Gasteiger partial charge in [-0.15, -0.1) is 0 Å². The van der Waals surface area contributed by atoms with Crippen LogP contribution in [0.1, 0.15) is 74.8 Å². The molecule has 2 aliphatic heterocycles. The fourth-order valence-corrected chi connectivity index (χ4v) is 6.27. The topological polar surface area (TPSA) is 65.5 Å². The van der Waals surface area contributed by atoms with Gasteiger partial charge in [-0.1, -0.05) is 42.5 Å². The number of carbonyl (C=O) groups excluding carboxylic acids is 2. The van der Waals surface area contributed by atoms with Crippen molar-refractivity contribution in [3.05, 3.63) is 100 Å². The van der Waals surface area contributed by atoms with Gasteiger partial charge >= 0.3 is 0 Å². The first-order valence-electron chi connectivity index (χ1n) is 13.6. The number of fused-ring (bicyclic) bond motifs is 3. The van der Waals surface area contributed by atoms with Gasteiger partial charge in [-0.3, -0.25) is 24.4 Å². The highest BCUT2D eigenvalue weighted by atomic mass is 16.2. The minimum atomic E-state index is -0.159. The molecule has 0 bridgehead atoms. The number of aromatic nitrogens is 1. The number of imide groups is 1. The lowest BCUT2D eigenvalue weighted by atomic mass is 9.89. The second-order valence-corrected chi connectivity index (χ2v) is 10.5. The van der Waals surface area contributed by atoms with Crippen LogP contribution in [0.15, 0.2) is 66.9 Å². The van der Waals surface area contributed by atoms with E-state index in [9.17, 15) is 9.59 Å². The summed E-state index contributed by atoms with van der Waals surface area (Å²) in [5, 5.41) is 3.77.